The topological polar surface area (TPSA) is 86.3 Å². The van der Waals surface area contributed by atoms with Crippen LogP contribution in [0.15, 0.2) is 66.9 Å². The van der Waals surface area contributed by atoms with Crippen LogP contribution < -0.4 is 24.3 Å². The summed E-state index contributed by atoms with van der Waals surface area (Å²) in [6, 6.07) is 15.9. The Kier molecular flexibility index (Phi) is 8.18. The number of anilines is 1. The molecule has 0 amide bonds. The summed E-state index contributed by atoms with van der Waals surface area (Å²) in [5, 5.41) is 13.0. The van der Waals surface area contributed by atoms with Crippen molar-refractivity contribution in [1.82, 2.24) is 0 Å². The van der Waals surface area contributed by atoms with E-state index in [1.807, 2.05) is 48.6 Å². The molecule has 34 heavy (non-hydrogen) atoms. The smallest absolute Gasteiger partial charge is 0.203 e. The summed E-state index contributed by atoms with van der Waals surface area (Å²) in [7, 11) is 6.16. The van der Waals surface area contributed by atoms with E-state index in [4.69, 9.17) is 18.9 Å². The van der Waals surface area contributed by atoms with Crippen LogP contribution in [0.1, 0.15) is 21.5 Å². The third-order valence-electron chi connectivity index (χ3n) is 5.04. The van der Waals surface area contributed by atoms with Crippen molar-refractivity contribution in [2.45, 2.75) is 0 Å². The molecule has 3 rings (SSSR count). The van der Waals surface area contributed by atoms with Gasteiger partial charge in [-0.25, -0.2) is 0 Å². The summed E-state index contributed by atoms with van der Waals surface area (Å²) in [4.78, 5) is 12.4. The molecule has 0 aliphatic rings. The lowest BCUT2D eigenvalue weighted by Gasteiger charge is -2.13. The molecule has 2 N–H and O–H groups in total. The van der Waals surface area contributed by atoms with E-state index in [0.29, 0.717) is 28.6 Å². The number of ketones is 1. The van der Waals surface area contributed by atoms with Crippen LogP contribution in [0.4, 0.5) is 5.69 Å². The average Bonchev–Trinajstić information content (AvgIpc) is 2.87. The molecular weight excluding hydrogens is 434 g/mol. The van der Waals surface area contributed by atoms with Crippen molar-refractivity contribution in [3.8, 4) is 28.7 Å². The van der Waals surface area contributed by atoms with E-state index < -0.39 is 0 Å². The minimum Gasteiger partial charge on any atom is -0.504 e. The number of aromatic hydroxyl groups is 1. The van der Waals surface area contributed by atoms with E-state index in [1.165, 1.54) is 19.3 Å². The molecule has 0 saturated heterocycles. The monoisotopic (exact) mass is 461 g/mol. The SMILES string of the molecule is COc1ccc(C(=O)/C=C\Nc2ccccc2/C=C\c2cc(OC)c(OC)c(OC)c2)cc1O. The number of hydrogen-bond acceptors (Lipinski definition) is 7. The molecule has 7 nitrogen and oxygen atoms in total. The number of phenolic OH excluding ortho intramolecular Hbond substituents is 1. The van der Waals surface area contributed by atoms with Gasteiger partial charge in [-0.15, -0.1) is 0 Å². The predicted molar refractivity (Wildman–Crippen MR) is 133 cm³/mol. The van der Waals surface area contributed by atoms with Crippen LogP contribution in [-0.2, 0) is 0 Å². The summed E-state index contributed by atoms with van der Waals surface area (Å²) in [5.74, 6) is 1.64. The first-order chi connectivity index (χ1) is 16.5. The third kappa shape index (κ3) is 5.69. The van der Waals surface area contributed by atoms with Gasteiger partial charge in [0.15, 0.2) is 28.8 Å². The number of ether oxygens (including phenoxy) is 4. The molecule has 0 heterocycles. The second kappa shape index (κ2) is 11.5. The van der Waals surface area contributed by atoms with Gasteiger partial charge in [0, 0.05) is 23.5 Å². The molecule has 0 aromatic heterocycles. The molecule has 0 fully saturated rings. The van der Waals surface area contributed by atoms with Crippen molar-refractivity contribution in [3.63, 3.8) is 0 Å². The molecule has 0 aliphatic carbocycles. The second-order valence-corrected chi connectivity index (χ2v) is 7.11. The fourth-order valence-corrected chi connectivity index (χ4v) is 3.30. The molecule has 0 spiro atoms. The highest BCUT2D eigenvalue weighted by Crippen LogP contribution is 2.38. The first-order valence-electron chi connectivity index (χ1n) is 10.4. The van der Waals surface area contributed by atoms with Gasteiger partial charge in [-0.1, -0.05) is 30.4 Å². The van der Waals surface area contributed by atoms with Gasteiger partial charge < -0.3 is 29.4 Å². The molecular formula is C27H27NO6. The quantitative estimate of drug-likeness (QED) is 0.237. The van der Waals surface area contributed by atoms with Gasteiger partial charge in [-0.3, -0.25) is 4.79 Å². The molecule has 0 aliphatic heterocycles. The summed E-state index contributed by atoms with van der Waals surface area (Å²) in [6.07, 6.45) is 6.84. The second-order valence-electron chi connectivity index (χ2n) is 7.11. The van der Waals surface area contributed by atoms with Crippen molar-refractivity contribution < 1.29 is 28.8 Å². The van der Waals surface area contributed by atoms with E-state index in [2.05, 4.69) is 5.32 Å². The number of allylic oxidation sites excluding steroid dienone is 1. The number of phenols is 1. The van der Waals surface area contributed by atoms with E-state index in [0.717, 1.165) is 16.8 Å². The van der Waals surface area contributed by atoms with Crippen molar-refractivity contribution in [2.75, 3.05) is 33.8 Å². The van der Waals surface area contributed by atoms with Gasteiger partial charge in [0.25, 0.3) is 0 Å². The molecule has 0 unspecified atom stereocenters. The normalized spacial score (nSPS) is 10.9. The van der Waals surface area contributed by atoms with Crippen molar-refractivity contribution in [3.05, 3.63) is 83.6 Å². The number of rotatable bonds is 10. The van der Waals surface area contributed by atoms with Crippen LogP contribution in [0.2, 0.25) is 0 Å². The molecule has 0 saturated carbocycles. The number of carbonyl (C=O) groups is 1. The highest BCUT2D eigenvalue weighted by Gasteiger charge is 2.12. The maximum Gasteiger partial charge on any atom is 0.203 e. The highest BCUT2D eigenvalue weighted by molar-refractivity contribution is 6.05. The van der Waals surface area contributed by atoms with Gasteiger partial charge in [0.1, 0.15) is 0 Å². The number of methoxy groups -OCH3 is 4. The van der Waals surface area contributed by atoms with Gasteiger partial charge >= 0.3 is 0 Å². The number of nitrogens with one attached hydrogen (secondary N) is 1. The lowest BCUT2D eigenvalue weighted by Crippen LogP contribution is -1.97. The van der Waals surface area contributed by atoms with Gasteiger partial charge in [0.05, 0.1) is 28.4 Å². The Morgan fingerprint density at radius 1 is 0.824 bits per heavy atom. The molecule has 0 bridgehead atoms. The summed E-state index contributed by atoms with van der Waals surface area (Å²) in [5.41, 5.74) is 2.95. The van der Waals surface area contributed by atoms with Crippen molar-refractivity contribution in [1.29, 1.82) is 0 Å². The molecule has 176 valence electrons. The van der Waals surface area contributed by atoms with Crippen LogP contribution >= 0.6 is 0 Å². The van der Waals surface area contributed by atoms with Gasteiger partial charge in [0.2, 0.25) is 5.75 Å². The third-order valence-corrected chi connectivity index (χ3v) is 5.04. The van der Waals surface area contributed by atoms with Gasteiger partial charge in [-0.2, -0.15) is 0 Å². The Balaban J connectivity index is 1.77. The molecule has 3 aromatic rings. The average molecular weight is 462 g/mol. The Morgan fingerprint density at radius 3 is 2.12 bits per heavy atom. The standard InChI is InChI=1S/C27H27NO6/c1-31-24-12-11-20(17-23(24)30)22(29)13-14-28-21-8-6-5-7-19(21)10-9-18-15-25(32-2)27(34-4)26(16-18)33-3/h5-17,28,30H,1-4H3/b10-9-,14-13-. The van der Waals surface area contributed by atoms with E-state index in [1.54, 1.807) is 39.7 Å². The van der Waals surface area contributed by atoms with E-state index in [-0.39, 0.29) is 11.5 Å². The fraction of sp³-hybridized carbons (Fsp3) is 0.148. The van der Waals surface area contributed by atoms with Crippen LogP contribution in [-0.4, -0.2) is 39.3 Å². The maximum absolute atomic E-state index is 12.4. The van der Waals surface area contributed by atoms with Crippen LogP contribution in [0.5, 0.6) is 28.7 Å². The number of hydrogen-bond donors (Lipinski definition) is 2. The number of carbonyl (C=O) groups excluding carboxylic acids is 1. The zero-order valence-corrected chi connectivity index (χ0v) is 19.5. The molecule has 7 heteroatoms. The lowest BCUT2D eigenvalue weighted by molar-refractivity contribution is 0.104. The first-order valence-corrected chi connectivity index (χ1v) is 10.4. The lowest BCUT2D eigenvalue weighted by atomic mass is 10.1. The summed E-state index contributed by atoms with van der Waals surface area (Å²) in [6.45, 7) is 0. The fourth-order valence-electron chi connectivity index (χ4n) is 3.30. The van der Waals surface area contributed by atoms with Gasteiger partial charge in [-0.05, 0) is 47.5 Å². The highest BCUT2D eigenvalue weighted by atomic mass is 16.5. The van der Waals surface area contributed by atoms with Crippen molar-refractivity contribution >= 4 is 23.6 Å². The van der Waals surface area contributed by atoms with Crippen molar-refractivity contribution in [2.24, 2.45) is 0 Å². The zero-order chi connectivity index (χ0) is 24.5. The molecule has 0 atom stereocenters. The summed E-state index contributed by atoms with van der Waals surface area (Å²) < 4.78 is 21.2. The largest absolute Gasteiger partial charge is 0.504 e. The minimum absolute atomic E-state index is 0.0861. The summed E-state index contributed by atoms with van der Waals surface area (Å²) >= 11 is 0. The zero-order valence-electron chi connectivity index (χ0n) is 19.5. The maximum atomic E-state index is 12.4. The Bertz CT molecular complexity index is 1190. The molecule has 3 aromatic carbocycles. The minimum atomic E-state index is -0.254. The molecule has 0 radical (unpaired) electrons. The Morgan fingerprint density at radius 2 is 1.50 bits per heavy atom. The first kappa shape index (κ1) is 24.3. The van der Waals surface area contributed by atoms with Crippen LogP contribution in [0.25, 0.3) is 12.2 Å². The van der Waals surface area contributed by atoms with Crippen LogP contribution in [0, 0.1) is 0 Å². The van der Waals surface area contributed by atoms with Crippen LogP contribution in [0.3, 0.4) is 0 Å². The number of para-hydroxylation sites is 1. The predicted octanol–water partition coefficient (Wildman–Crippen LogP) is 5.41. The Labute approximate surface area is 198 Å². The van der Waals surface area contributed by atoms with E-state index >= 15 is 0 Å². The Hall–Kier alpha value is -4.39. The van der Waals surface area contributed by atoms with E-state index in [9.17, 15) is 9.90 Å². The number of benzene rings is 3.